The van der Waals surface area contributed by atoms with Crippen LogP contribution >= 0.6 is 0 Å². The Kier molecular flexibility index (Phi) is 5.21. The van der Waals surface area contributed by atoms with Gasteiger partial charge in [-0.05, 0) is 32.2 Å². The molecule has 0 aromatic carbocycles. The van der Waals surface area contributed by atoms with Crippen LogP contribution in [0.4, 0.5) is 0 Å². The third kappa shape index (κ3) is 5.82. The summed E-state index contributed by atoms with van der Waals surface area (Å²) in [6.45, 7) is 1.60. The van der Waals surface area contributed by atoms with E-state index >= 15 is 0 Å². The summed E-state index contributed by atoms with van der Waals surface area (Å²) in [6, 6.07) is 0.349. The Bertz CT molecular complexity index is 303. The molecule has 0 amide bonds. The van der Waals surface area contributed by atoms with Crippen LogP contribution in [-0.4, -0.2) is 51.5 Å². The Morgan fingerprint density at radius 3 is 2.62 bits per heavy atom. The molecule has 2 unspecified atom stereocenters. The van der Waals surface area contributed by atoms with Crippen LogP contribution in [-0.2, 0) is 9.84 Å². The highest BCUT2D eigenvalue weighted by Crippen LogP contribution is 2.23. The number of sulfone groups is 1. The summed E-state index contributed by atoms with van der Waals surface area (Å²) in [5.41, 5.74) is 5.93. The molecule has 4 nitrogen and oxygen atoms in total. The molecule has 0 aromatic rings. The molecule has 0 aliphatic heterocycles. The predicted octanol–water partition coefficient (Wildman–Crippen LogP) is 0.480. The molecule has 1 aliphatic rings. The van der Waals surface area contributed by atoms with Crippen LogP contribution in [0.1, 0.15) is 25.7 Å². The van der Waals surface area contributed by atoms with Gasteiger partial charge in [-0.25, -0.2) is 8.42 Å². The Morgan fingerprint density at radius 1 is 1.38 bits per heavy atom. The highest BCUT2D eigenvalue weighted by molar-refractivity contribution is 7.90. The SMILES string of the molecule is CN(CCS(C)(=O)=O)CC1CCCC(N)C1. The lowest BCUT2D eigenvalue weighted by Gasteiger charge is -2.30. The molecular formula is C11H24N2O2S. The molecule has 1 aliphatic carbocycles. The molecule has 16 heavy (non-hydrogen) atoms. The normalized spacial score (nSPS) is 27.2. The maximum Gasteiger partial charge on any atom is 0.148 e. The van der Waals surface area contributed by atoms with Crippen molar-refractivity contribution in [3.8, 4) is 0 Å². The van der Waals surface area contributed by atoms with Crippen LogP contribution in [0.15, 0.2) is 0 Å². The summed E-state index contributed by atoms with van der Waals surface area (Å²) >= 11 is 0. The smallest absolute Gasteiger partial charge is 0.148 e. The van der Waals surface area contributed by atoms with Gasteiger partial charge in [-0.3, -0.25) is 0 Å². The Balaban J connectivity index is 2.25. The second-order valence-electron chi connectivity index (χ2n) is 5.18. The molecule has 0 radical (unpaired) electrons. The van der Waals surface area contributed by atoms with Crippen molar-refractivity contribution < 1.29 is 8.42 Å². The van der Waals surface area contributed by atoms with E-state index in [1.54, 1.807) is 0 Å². The number of hydrogen-bond acceptors (Lipinski definition) is 4. The van der Waals surface area contributed by atoms with Gasteiger partial charge in [0.2, 0.25) is 0 Å². The van der Waals surface area contributed by atoms with Gasteiger partial charge in [-0.1, -0.05) is 6.42 Å². The molecule has 1 fully saturated rings. The molecule has 1 saturated carbocycles. The van der Waals surface area contributed by atoms with Crippen molar-refractivity contribution in [2.45, 2.75) is 31.7 Å². The minimum Gasteiger partial charge on any atom is -0.328 e. The summed E-state index contributed by atoms with van der Waals surface area (Å²) in [6.07, 6.45) is 5.97. The highest BCUT2D eigenvalue weighted by atomic mass is 32.2. The monoisotopic (exact) mass is 248 g/mol. The summed E-state index contributed by atoms with van der Waals surface area (Å²) < 4.78 is 22.1. The van der Waals surface area contributed by atoms with E-state index < -0.39 is 9.84 Å². The first-order chi connectivity index (χ1) is 7.37. The van der Waals surface area contributed by atoms with Crippen molar-refractivity contribution in [2.24, 2.45) is 11.7 Å². The lowest BCUT2D eigenvalue weighted by Crippen LogP contribution is -2.35. The summed E-state index contributed by atoms with van der Waals surface area (Å²) in [4.78, 5) is 2.11. The summed E-state index contributed by atoms with van der Waals surface area (Å²) in [5.74, 6) is 0.899. The largest absolute Gasteiger partial charge is 0.328 e. The highest BCUT2D eigenvalue weighted by Gasteiger charge is 2.20. The quantitative estimate of drug-likeness (QED) is 0.768. The van der Waals surface area contributed by atoms with Crippen LogP contribution < -0.4 is 5.73 Å². The van der Waals surface area contributed by atoms with Gasteiger partial charge < -0.3 is 10.6 Å². The minimum absolute atomic E-state index is 0.252. The number of nitrogens with zero attached hydrogens (tertiary/aromatic N) is 1. The van der Waals surface area contributed by atoms with Crippen molar-refractivity contribution in [1.82, 2.24) is 4.90 Å². The zero-order valence-corrected chi connectivity index (χ0v) is 11.2. The molecule has 5 heteroatoms. The number of rotatable bonds is 5. The third-order valence-electron chi connectivity index (χ3n) is 3.24. The van der Waals surface area contributed by atoms with E-state index in [1.807, 2.05) is 7.05 Å². The van der Waals surface area contributed by atoms with Gasteiger partial charge in [0.15, 0.2) is 0 Å². The molecule has 96 valence electrons. The van der Waals surface area contributed by atoms with Crippen molar-refractivity contribution in [1.29, 1.82) is 0 Å². The van der Waals surface area contributed by atoms with Crippen LogP contribution in [0.3, 0.4) is 0 Å². The molecule has 0 aromatic heterocycles. The number of nitrogens with two attached hydrogens (primary N) is 1. The second kappa shape index (κ2) is 5.98. The fourth-order valence-electron chi connectivity index (χ4n) is 2.35. The second-order valence-corrected chi connectivity index (χ2v) is 7.44. The first-order valence-electron chi connectivity index (χ1n) is 5.98. The first kappa shape index (κ1) is 13.9. The Labute approximate surface area is 99.1 Å². The van der Waals surface area contributed by atoms with E-state index in [9.17, 15) is 8.42 Å². The summed E-state index contributed by atoms with van der Waals surface area (Å²) in [7, 11) is -0.846. The van der Waals surface area contributed by atoms with Gasteiger partial charge in [0.1, 0.15) is 9.84 Å². The Hall–Kier alpha value is -0.130. The van der Waals surface area contributed by atoms with E-state index in [-0.39, 0.29) is 5.75 Å². The van der Waals surface area contributed by atoms with Crippen molar-refractivity contribution >= 4 is 9.84 Å². The first-order valence-corrected chi connectivity index (χ1v) is 8.05. The van der Waals surface area contributed by atoms with Gasteiger partial charge in [-0.15, -0.1) is 0 Å². The van der Waals surface area contributed by atoms with Crippen molar-refractivity contribution in [3.05, 3.63) is 0 Å². The van der Waals surface area contributed by atoms with Gasteiger partial charge in [-0.2, -0.15) is 0 Å². The molecule has 1 rings (SSSR count). The van der Waals surface area contributed by atoms with Crippen molar-refractivity contribution in [2.75, 3.05) is 32.1 Å². The third-order valence-corrected chi connectivity index (χ3v) is 4.16. The minimum atomic E-state index is -2.84. The standard InChI is InChI=1S/C11H24N2O2S/c1-13(6-7-16(2,14)15)9-10-4-3-5-11(12)8-10/h10-11H,3-9,12H2,1-2H3. The lowest BCUT2D eigenvalue weighted by molar-refractivity contribution is 0.228. The van der Waals surface area contributed by atoms with Gasteiger partial charge in [0, 0.05) is 25.4 Å². The molecule has 0 heterocycles. The number of hydrogen-bond donors (Lipinski definition) is 1. The fourth-order valence-corrected chi connectivity index (χ4v) is 3.00. The van der Waals surface area contributed by atoms with E-state index in [1.165, 1.54) is 19.1 Å². The zero-order valence-electron chi connectivity index (χ0n) is 10.4. The van der Waals surface area contributed by atoms with Crippen molar-refractivity contribution in [3.63, 3.8) is 0 Å². The molecule has 0 spiro atoms. The lowest BCUT2D eigenvalue weighted by atomic mass is 9.86. The topological polar surface area (TPSA) is 63.4 Å². The molecule has 2 atom stereocenters. The van der Waals surface area contributed by atoms with Crippen LogP contribution in [0.2, 0.25) is 0 Å². The average Bonchev–Trinajstić information content (AvgIpc) is 2.14. The Morgan fingerprint density at radius 2 is 2.06 bits per heavy atom. The fraction of sp³-hybridized carbons (Fsp3) is 1.00. The molecular weight excluding hydrogens is 224 g/mol. The predicted molar refractivity (Wildman–Crippen MR) is 67.1 cm³/mol. The van der Waals surface area contributed by atoms with E-state index in [0.717, 1.165) is 19.4 Å². The van der Waals surface area contributed by atoms with E-state index in [2.05, 4.69) is 4.90 Å². The summed E-state index contributed by atoms with van der Waals surface area (Å²) in [5, 5.41) is 0. The molecule has 0 bridgehead atoms. The molecule has 0 saturated heterocycles. The van der Waals surface area contributed by atoms with Gasteiger partial charge in [0.25, 0.3) is 0 Å². The van der Waals surface area contributed by atoms with Gasteiger partial charge in [0.05, 0.1) is 5.75 Å². The average molecular weight is 248 g/mol. The van der Waals surface area contributed by atoms with Crippen LogP contribution in [0.5, 0.6) is 0 Å². The van der Waals surface area contributed by atoms with E-state index in [0.29, 0.717) is 18.5 Å². The van der Waals surface area contributed by atoms with Crippen LogP contribution in [0, 0.1) is 5.92 Å². The molecule has 2 N–H and O–H groups in total. The van der Waals surface area contributed by atoms with Gasteiger partial charge >= 0.3 is 0 Å². The van der Waals surface area contributed by atoms with Crippen LogP contribution in [0.25, 0.3) is 0 Å². The zero-order chi connectivity index (χ0) is 12.2. The van der Waals surface area contributed by atoms with E-state index in [4.69, 9.17) is 5.73 Å². The maximum absolute atomic E-state index is 11.0. The maximum atomic E-state index is 11.0.